The van der Waals surface area contributed by atoms with E-state index in [1.54, 1.807) is 24.3 Å². The molecule has 0 aromatic heterocycles. The zero-order valence-corrected chi connectivity index (χ0v) is 15.9. The molecule has 0 aliphatic carbocycles. The Labute approximate surface area is 165 Å². The second-order valence-corrected chi connectivity index (χ2v) is 7.08. The molecule has 4 nitrogen and oxygen atoms in total. The number of halogens is 1. The van der Waals surface area contributed by atoms with E-state index in [2.05, 4.69) is 11.5 Å². The summed E-state index contributed by atoms with van der Waals surface area (Å²) in [7, 11) is 0. The molecular formula is C22H24ClNO3. The molecule has 3 fully saturated rings. The fourth-order valence-corrected chi connectivity index (χ4v) is 4.07. The van der Waals surface area contributed by atoms with E-state index < -0.39 is 11.6 Å². The number of benzene rings is 2. The van der Waals surface area contributed by atoms with Crippen molar-refractivity contribution < 1.29 is 14.6 Å². The van der Waals surface area contributed by atoms with Gasteiger partial charge < -0.3 is 14.7 Å². The summed E-state index contributed by atoms with van der Waals surface area (Å²) >= 11 is 0. The molecule has 3 aliphatic heterocycles. The molecule has 0 saturated carbocycles. The van der Waals surface area contributed by atoms with E-state index in [-0.39, 0.29) is 24.4 Å². The van der Waals surface area contributed by atoms with Crippen molar-refractivity contribution in [2.75, 3.05) is 13.1 Å². The lowest BCUT2D eigenvalue weighted by Gasteiger charge is -2.47. The van der Waals surface area contributed by atoms with Crippen LogP contribution in [0, 0.1) is 5.92 Å². The van der Waals surface area contributed by atoms with Crippen molar-refractivity contribution >= 4 is 18.4 Å². The highest BCUT2D eigenvalue weighted by molar-refractivity contribution is 5.86. The van der Waals surface area contributed by atoms with Crippen LogP contribution in [0.3, 0.4) is 0 Å². The Kier molecular flexibility index (Phi) is 5.59. The van der Waals surface area contributed by atoms with E-state index in [1.807, 2.05) is 36.4 Å². The molecule has 3 aliphatic rings. The van der Waals surface area contributed by atoms with Gasteiger partial charge in [-0.2, -0.15) is 0 Å². The Balaban J connectivity index is 0.00000210. The Bertz CT molecular complexity index is 761. The third-order valence-corrected chi connectivity index (χ3v) is 5.61. The smallest absolute Gasteiger partial charge is 0.348 e. The van der Waals surface area contributed by atoms with Gasteiger partial charge >= 0.3 is 5.97 Å². The van der Waals surface area contributed by atoms with Gasteiger partial charge in [-0.15, -0.1) is 12.4 Å². The van der Waals surface area contributed by atoms with Gasteiger partial charge in [0.1, 0.15) is 6.10 Å². The van der Waals surface area contributed by atoms with Gasteiger partial charge in [0.25, 0.3) is 0 Å². The van der Waals surface area contributed by atoms with Crippen molar-refractivity contribution in [1.82, 2.24) is 4.90 Å². The van der Waals surface area contributed by atoms with Crippen molar-refractivity contribution in [2.45, 2.75) is 24.5 Å². The normalized spacial score (nSPS) is 21.5. The van der Waals surface area contributed by atoms with Gasteiger partial charge in [0.2, 0.25) is 5.60 Å². The molecule has 5 heteroatoms. The van der Waals surface area contributed by atoms with Gasteiger partial charge in [0, 0.05) is 24.7 Å². The number of aliphatic hydroxyl groups is 1. The van der Waals surface area contributed by atoms with Gasteiger partial charge in [-0.05, 0) is 24.0 Å². The number of hydrogen-bond donors (Lipinski definition) is 1. The van der Waals surface area contributed by atoms with Crippen LogP contribution in [0.5, 0.6) is 0 Å². The molecule has 27 heavy (non-hydrogen) atoms. The molecule has 1 atom stereocenters. The third kappa shape index (κ3) is 3.35. The zero-order valence-electron chi connectivity index (χ0n) is 15.1. The Hall–Kier alpha value is -2.30. The van der Waals surface area contributed by atoms with Crippen molar-refractivity contribution in [3.8, 4) is 0 Å². The highest BCUT2D eigenvalue weighted by Gasteiger charge is 2.46. The second kappa shape index (κ2) is 7.75. The first-order valence-electron chi connectivity index (χ1n) is 9.09. The Morgan fingerprint density at radius 2 is 1.48 bits per heavy atom. The SMILES string of the molecule is C=C1C(OC(=O)C(O)(c2ccccc2)c2ccccc2)C2CCN1CC2.Cl. The number of hydrogen-bond acceptors (Lipinski definition) is 4. The average molecular weight is 386 g/mol. The fraction of sp³-hybridized carbons (Fsp3) is 0.318. The van der Waals surface area contributed by atoms with Crippen LogP contribution >= 0.6 is 12.4 Å². The summed E-state index contributed by atoms with van der Waals surface area (Å²) in [5, 5.41) is 11.5. The number of nitrogens with zero attached hydrogens (tertiary/aromatic N) is 1. The van der Waals surface area contributed by atoms with Crippen molar-refractivity contribution in [3.05, 3.63) is 84.1 Å². The maximum atomic E-state index is 13.2. The minimum absolute atomic E-state index is 0. The first kappa shape index (κ1) is 19.5. The molecule has 5 rings (SSSR count). The predicted molar refractivity (Wildman–Crippen MR) is 106 cm³/mol. The van der Waals surface area contributed by atoms with Gasteiger partial charge in [-0.3, -0.25) is 0 Å². The highest BCUT2D eigenvalue weighted by atomic mass is 35.5. The van der Waals surface area contributed by atoms with Crippen LogP contribution < -0.4 is 0 Å². The molecule has 1 N–H and O–H groups in total. The topological polar surface area (TPSA) is 49.8 Å². The molecule has 0 amide bonds. The maximum absolute atomic E-state index is 13.2. The van der Waals surface area contributed by atoms with Gasteiger partial charge in [0.15, 0.2) is 0 Å². The number of fused-ring (bicyclic) bond motifs is 3. The van der Waals surface area contributed by atoms with E-state index in [1.165, 1.54) is 0 Å². The summed E-state index contributed by atoms with van der Waals surface area (Å²) in [5.41, 5.74) is 0.0185. The summed E-state index contributed by atoms with van der Waals surface area (Å²) in [6.45, 7) is 6.07. The standard InChI is InChI=1S/C22H23NO3.ClH/c1-16-20(17-12-14-23(16)15-13-17)26-21(24)22(25,18-8-4-2-5-9-18)19-10-6-3-7-11-19;/h2-11,17,20,25H,1,12-15H2;1H. The molecule has 2 bridgehead atoms. The minimum Gasteiger partial charge on any atom is -0.453 e. The summed E-state index contributed by atoms with van der Waals surface area (Å²) in [6.07, 6.45) is 1.63. The molecule has 2 aromatic carbocycles. The van der Waals surface area contributed by atoms with E-state index in [9.17, 15) is 9.90 Å². The lowest BCUT2D eigenvalue weighted by atomic mass is 9.83. The molecule has 0 radical (unpaired) electrons. The van der Waals surface area contributed by atoms with E-state index in [4.69, 9.17) is 4.74 Å². The number of esters is 1. The molecule has 3 saturated heterocycles. The van der Waals surface area contributed by atoms with Gasteiger partial charge in [-0.1, -0.05) is 67.2 Å². The van der Waals surface area contributed by atoms with Crippen LogP contribution in [0.2, 0.25) is 0 Å². The number of piperidine rings is 3. The summed E-state index contributed by atoms with van der Waals surface area (Å²) in [4.78, 5) is 15.4. The summed E-state index contributed by atoms with van der Waals surface area (Å²) in [5.74, 6) is -0.359. The van der Waals surface area contributed by atoms with Crippen LogP contribution in [-0.2, 0) is 15.1 Å². The number of ether oxygens (including phenoxy) is 1. The van der Waals surface area contributed by atoms with Crippen LogP contribution in [0.4, 0.5) is 0 Å². The molecule has 3 heterocycles. The summed E-state index contributed by atoms with van der Waals surface area (Å²) < 4.78 is 5.88. The quantitative estimate of drug-likeness (QED) is 0.818. The zero-order chi connectivity index (χ0) is 18.1. The lowest BCUT2D eigenvalue weighted by molar-refractivity contribution is -0.172. The number of rotatable bonds is 4. The van der Waals surface area contributed by atoms with Crippen molar-refractivity contribution in [2.24, 2.45) is 5.92 Å². The van der Waals surface area contributed by atoms with Crippen LogP contribution in [0.1, 0.15) is 24.0 Å². The van der Waals surface area contributed by atoms with Crippen molar-refractivity contribution in [3.63, 3.8) is 0 Å². The predicted octanol–water partition coefficient (Wildman–Crippen LogP) is 3.50. The monoisotopic (exact) mass is 385 g/mol. The van der Waals surface area contributed by atoms with Crippen LogP contribution in [0.15, 0.2) is 72.9 Å². The molecular weight excluding hydrogens is 362 g/mol. The Morgan fingerprint density at radius 3 is 1.93 bits per heavy atom. The maximum Gasteiger partial charge on any atom is 0.348 e. The van der Waals surface area contributed by atoms with E-state index in [0.29, 0.717) is 11.1 Å². The Morgan fingerprint density at radius 1 is 1.00 bits per heavy atom. The summed E-state index contributed by atoms with van der Waals surface area (Å²) in [6, 6.07) is 17.9. The van der Waals surface area contributed by atoms with Gasteiger partial charge in [-0.25, -0.2) is 4.79 Å². The molecule has 142 valence electrons. The van der Waals surface area contributed by atoms with Crippen LogP contribution in [-0.4, -0.2) is 35.2 Å². The number of carbonyl (C=O) groups excluding carboxylic acids is 1. The first-order chi connectivity index (χ1) is 12.6. The third-order valence-electron chi connectivity index (χ3n) is 5.61. The van der Waals surface area contributed by atoms with E-state index >= 15 is 0 Å². The van der Waals surface area contributed by atoms with Gasteiger partial charge in [0.05, 0.1) is 0 Å². The lowest BCUT2D eigenvalue weighted by Crippen LogP contribution is -2.51. The minimum atomic E-state index is -1.84. The highest BCUT2D eigenvalue weighted by Crippen LogP contribution is 2.38. The molecule has 0 spiro atoms. The largest absolute Gasteiger partial charge is 0.453 e. The van der Waals surface area contributed by atoms with E-state index in [0.717, 1.165) is 31.6 Å². The second-order valence-electron chi connectivity index (χ2n) is 7.08. The first-order valence-corrected chi connectivity index (χ1v) is 9.09. The fourth-order valence-electron chi connectivity index (χ4n) is 4.07. The molecule has 1 unspecified atom stereocenters. The van der Waals surface area contributed by atoms with Crippen LogP contribution in [0.25, 0.3) is 0 Å². The van der Waals surface area contributed by atoms with Crippen molar-refractivity contribution in [1.29, 1.82) is 0 Å². The number of carbonyl (C=O) groups is 1. The average Bonchev–Trinajstić information content (AvgIpc) is 2.71. The molecule has 2 aromatic rings.